The minimum absolute atomic E-state index is 0.110. The predicted molar refractivity (Wildman–Crippen MR) is 101 cm³/mol. The molecule has 3 rings (SSSR count). The summed E-state index contributed by atoms with van der Waals surface area (Å²) in [7, 11) is 2.01. The lowest BCUT2D eigenvalue weighted by Gasteiger charge is -2.33. The largest absolute Gasteiger partial charge is 0.363 e. The van der Waals surface area contributed by atoms with Crippen molar-refractivity contribution in [2.75, 3.05) is 51.2 Å². The molecule has 2 amide bonds. The Morgan fingerprint density at radius 2 is 1.85 bits per heavy atom. The van der Waals surface area contributed by atoms with E-state index in [0.29, 0.717) is 31.6 Å². The van der Waals surface area contributed by atoms with E-state index in [-0.39, 0.29) is 23.1 Å². The molecule has 27 heavy (non-hydrogen) atoms. The topological polar surface area (TPSA) is 108 Å². The molecule has 9 heteroatoms. The van der Waals surface area contributed by atoms with E-state index in [0.717, 1.165) is 26.2 Å². The Morgan fingerprint density at radius 3 is 2.48 bits per heavy atom. The van der Waals surface area contributed by atoms with E-state index in [1.165, 1.54) is 6.07 Å². The first-order valence-electron chi connectivity index (χ1n) is 9.23. The van der Waals surface area contributed by atoms with Crippen LogP contribution in [0.2, 0.25) is 0 Å². The fourth-order valence-corrected chi connectivity index (χ4v) is 3.50. The van der Waals surface area contributed by atoms with Gasteiger partial charge in [0.05, 0.1) is 4.92 Å². The van der Waals surface area contributed by atoms with Crippen molar-refractivity contribution in [2.24, 2.45) is 5.92 Å². The van der Waals surface area contributed by atoms with Gasteiger partial charge in [-0.2, -0.15) is 0 Å². The lowest BCUT2D eigenvalue weighted by molar-refractivity contribution is -0.384. The van der Waals surface area contributed by atoms with Crippen LogP contribution in [0.25, 0.3) is 0 Å². The van der Waals surface area contributed by atoms with E-state index >= 15 is 0 Å². The maximum Gasteiger partial charge on any atom is 0.293 e. The number of nitro benzene ring substituents is 1. The summed E-state index contributed by atoms with van der Waals surface area (Å²) in [6, 6.07) is 4.41. The van der Waals surface area contributed by atoms with E-state index < -0.39 is 10.8 Å². The van der Waals surface area contributed by atoms with Gasteiger partial charge in [0.15, 0.2) is 0 Å². The maximum absolute atomic E-state index is 12.4. The first-order chi connectivity index (χ1) is 13.0. The van der Waals surface area contributed by atoms with Crippen LogP contribution < -0.4 is 15.5 Å². The molecule has 2 aliphatic heterocycles. The highest BCUT2D eigenvalue weighted by Gasteiger charge is 2.26. The molecule has 0 unspecified atom stereocenters. The van der Waals surface area contributed by atoms with Crippen LogP contribution in [-0.4, -0.2) is 68.0 Å². The third-order valence-corrected chi connectivity index (χ3v) is 5.22. The van der Waals surface area contributed by atoms with Crippen molar-refractivity contribution < 1.29 is 14.5 Å². The molecular formula is C18H25N5O4. The van der Waals surface area contributed by atoms with Crippen molar-refractivity contribution in [3.8, 4) is 0 Å². The first-order valence-corrected chi connectivity index (χ1v) is 9.23. The van der Waals surface area contributed by atoms with Crippen molar-refractivity contribution >= 4 is 23.2 Å². The Kier molecular flexibility index (Phi) is 6.02. The Bertz CT molecular complexity index is 724. The highest BCUT2D eigenvalue weighted by molar-refractivity contribution is 6.06. The monoisotopic (exact) mass is 375 g/mol. The second-order valence-electron chi connectivity index (χ2n) is 7.09. The number of rotatable bonds is 4. The Balaban J connectivity index is 1.74. The Labute approximate surface area is 157 Å². The summed E-state index contributed by atoms with van der Waals surface area (Å²) in [6.07, 6.45) is 1.36. The minimum Gasteiger partial charge on any atom is -0.363 e. The smallest absolute Gasteiger partial charge is 0.293 e. The summed E-state index contributed by atoms with van der Waals surface area (Å²) in [4.78, 5) is 39.8. The van der Waals surface area contributed by atoms with Gasteiger partial charge in [-0.25, -0.2) is 0 Å². The summed E-state index contributed by atoms with van der Waals surface area (Å²) in [5.41, 5.74) is 0.526. The van der Waals surface area contributed by atoms with Crippen LogP contribution in [0.3, 0.4) is 0 Å². The quantitative estimate of drug-likeness (QED) is 0.451. The number of benzene rings is 1. The summed E-state index contributed by atoms with van der Waals surface area (Å²) in [5.74, 6) is -1.10. The van der Waals surface area contributed by atoms with Crippen LogP contribution in [-0.2, 0) is 4.79 Å². The lowest BCUT2D eigenvalue weighted by Crippen LogP contribution is -2.44. The molecule has 0 aromatic heterocycles. The normalized spacial score (nSPS) is 18.9. The summed E-state index contributed by atoms with van der Waals surface area (Å²) < 4.78 is 0. The van der Waals surface area contributed by atoms with Gasteiger partial charge >= 0.3 is 0 Å². The number of hydrogen-bond donors (Lipinski definition) is 2. The molecule has 9 nitrogen and oxygen atoms in total. The molecule has 2 fully saturated rings. The molecule has 146 valence electrons. The van der Waals surface area contributed by atoms with Crippen LogP contribution in [0.5, 0.6) is 0 Å². The van der Waals surface area contributed by atoms with Gasteiger partial charge in [0.25, 0.3) is 11.6 Å². The van der Waals surface area contributed by atoms with Crippen molar-refractivity contribution in [3.05, 3.63) is 33.9 Å². The van der Waals surface area contributed by atoms with Gasteiger partial charge < -0.3 is 15.1 Å². The zero-order valence-corrected chi connectivity index (χ0v) is 15.4. The number of imide groups is 1. The second-order valence-corrected chi connectivity index (χ2v) is 7.09. The average Bonchev–Trinajstić information content (AvgIpc) is 2.68. The predicted octanol–water partition coefficient (Wildman–Crippen LogP) is 0.603. The Morgan fingerprint density at radius 1 is 1.19 bits per heavy atom. The number of nitrogens with one attached hydrogen (secondary N) is 2. The number of amides is 2. The van der Waals surface area contributed by atoms with E-state index in [1.54, 1.807) is 12.1 Å². The zero-order chi connectivity index (χ0) is 19.4. The van der Waals surface area contributed by atoms with E-state index in [2.05, 4.69) is 15.5 Å². The molecule has 0 saturated carbocycles. The van der Waals surface area contributed by atoms with Crippen molar-refractivity contribution in [3.63, 3.8) is 0 Å². The standard InChI is InChI=1S/C18H25N5O4/c1-21-8-10-22(11-9-21)15-3-2-14(12-16(15)23(26)27)18(25)20-17(24)13-4-6-19-7-5-13/h2-3,12-13,19H,4-11H2,1H3,(H,20,24,25). The lowest BCUT2D eigenvalue weighted by atomic mass is 9.97. The highest BCUT2D eigenvalue weighted by atomic mass is 16.6. The number of carbonyl (C=O) groups is 2. The van der Waals surface area contributed by atoms with E-state index in [1.807, 2.05) is 11.9 Å². The van der Waals surface area contributed by atoms with Crippen molar-refractivity contribution in [1.29, 1.82) is 0 Å². The number of piperidine rings is 1. The van der Waals surface area contributed by atoms with Crippen molar-refractivity contribution in [1.82, 2.24) is 15.5 Å². The van der Waals surface area contributed by atoms with Gasteiger partial charge in [0, 0.05) is 43.7 Å². The molecule has 0 radical (unpaired) electrons. The van der Waals surface area contributed by atoms with Crippen molar-refractivity contribution in [2.45, 2.75) is 12.8 Å². The molecule has 2 aliphatic rings. The molecule has 0 atom stereocenters. The molecule has 2 saturated heterocycles. The number of anilines is 1. The SMILES string of the molecule is CN1CCN(c2ccc(C(=O)NC(=O)C3CCNCC3)cc2[N+](=O)[O-])CC1. The van der Waals surface area contributed by atoms with Crippen LogP contribution in [0, 0.1) is 16.0 Å². The number of piperazine rings is 1. The summed E-state index contributed by atoms with van der Waals surface area (Å²) in [5, 5.41) is 17.1. The van der Waals surface area contributed by atoms with Gasteiger partial charge in [0.1, 0.15) is 5.69 Å². The highest BCUT2D eigenvalue weighted by Crippen LogP contribution is 2.30. The number of nitro groups is 1. The zero-order valence-electron chi connectivity index (χ0n) is 15.4. The third-order valence-electron chi connectivity index (χ3n) is 5.22. The number of nitrogens with zero attached hydrogens (tertiary/aromatic N) is 3. The van der Waals surface area contributed by atoms with Crippen LogP contribution >= 0.6 is 0 Å². The summed E-state index contributed by atoms with van der Waals surface area (Å²) >= 11 is 0. The number of hydrogen-bond acceptors (Lipinski definition) is 7. The van der Waals surface area contributed by atoms with Crippen LogP contribution in [0.15, 0.2) is 18.2 Å². The van der Waals surface area contributed by atoms with Gasteiger partial charge in [-0.05, 0) is 45.1 Å². The minimum atomic E-state index is -0.591. The molecule has 1 aromatic carbocycles. The fourth-order valence-electron chi connectivity index (χ4n) is 3.50. The summed E-state index contributed by atoms with van der Waals surface area (Å²) in [6.45, 7) is 4.53. The van der Waals surface area contributed by atoms with Crippen LogP contribution in [0.1, 0.15) is 23.2 Å². The van der Waals surface area contributed by atoms with Gasteiger partial charge in [-0.3, -0.25) is 25.0 Å². The molecule has 2 N–H and O–H groups in total. The molecular weight excluding hydrogens is 350 g/mol. The maximum atomic E-state index is 12.4. The fraction of sp³-hybridized carbons (Fsp3) is 0.556. The van der Waals surface area contributed by atoms with Gasteiger partial charge in [-0.1, -0.05) is 0 Å². The third kappa shape index (κ3) is 4.61. The second kappa shape index (κ2) is 8.45. The molecule has 0 spiro atoms. The average molecular weight is 375 g/mol. The van der Waals surface area contributed by atoms with E-state index in [9.17, 15) is 19.7 Å². The van der Waals surface area contributed by atoms with Gasteiger partial charge in [-0.15, -0.1) is 0 Å². The van der Waals surface area contributed by atoms with Crippen LogP contribution in [0.4, 0.5) is 11.4 Å². The van der Waals surface area contributed by atoms with Gasteiger partial charge in [0.2, 0.25) is 5.91 Å². The number of likely N-dealkylation sites (N-methyl/N-ethyl adjacent to an activating group) is 1. The number of carbonyl (C=O) groups excluding carboxylic acids is 2. The molecule has 0 bridgehead atoms. The molecule has 2 heterocycles. The van der Waals surface area contributed by atoms with E-state index in [4.69, 9.17) is 0 Å². The first kappa shape index (κ1) is 19.2. The molecule has 1 aromatic rings. The Hall–Kier alpha value is -2.52. The molecule has 0 aliphatic carbocycles.